The number of nitrogens with one attached hydrogen (secondary N) is 1. The summed E-state index contributed by atoms with van der Waals surface area (Å²) in [5, 5.41) is 5.59. The predicted octanol–water partition coefficient (Wildman–Crippen LogP) is 5.83. The molecule has 1 N–H and O–H groups in total. The molecule has 0 saturated carbocycles. The van der Waals surface area contributed by atoms with Gasteiger partial charge in [0.1, 0.15) is 17.0 Å². The SMILES string of the molecule is CCN(CC)c1ccc2c(c1)Oc1ccc3ccccc3c1C21NC(=O)c2ccccc21. The Morgan fingerprint density at radius 3 is 2.47 bits per heavy atom. The first kappa shape index (κ1) is 18.9. The molecular weight excluding hydrogens is 396 g/mol. The first-order valence-corrected chi connectivity index (χ1v) is 11.2. The standard InChI is InChI=1S/C28H24N2O2/c1-3-30(4-2)19-14-15-23-25(17-19)32-24-16-13-18-9-5-6-10-20(18)26(24)28(23)22-12-8-7-11-21(22)27(31)29-28/h5-17H,3-4H2,1-2H3,(H,29,31). The molecule has 158 valence electrons. The summed E-state index contributed by atoms with van der Waals surface area (Å²) in [5.41, 5.74) is 3.98. The van der Waals surface area contributed by atoms with E-state index in [0.29, 0.717) is 5.56 Å². The van der Waals surface area contributed by atoms with Crippen molar-refractivity contribution in [2.75, 3.05) is 18.0 Å². The number of carbonyl (C=O) groups excluding carboxylic acids is 1. The molecule has 0 fully saturated rings. The van der Waals surface area contributed by atoms with Crippen LogP contribution in [0, 0.1) is 0 Å². The lowest BCUT2D eigenvalue weighted by molar-refractivity contribution is 0.0947. The molecule has 4 heteroatoms. The minimum absolute atomic E-state index is 0.0554. The molecule has 1 amide bonds. The molecule has 6 rings (SSSR count). The minimum Gasteiger partial charge on any atom is -0.456 e. The van der Waals surface area contributed by atoms with Crippen molar-refractivity contribution < 1.29 is 9.53 Å². The molecule has 1 unspecified atom stereocenters. The monoisotopic (exact) mass is 420 g/mol. The maximum absolute atomic E-state index is 13.2. The molecule has 1 spiro atoms. The van der Waals surface area contributed by atoms with Crippen molar-refractivity contribution in [2.24, 2.45) is 0 Å². The van der Waals surface area contributed by atoms with Crippen molar-refractivity contribution in [2.45, 2.75) is 19.4 Å². The van der Waals surface area contributed by atoms with Gasteiger partial charge in [-0.3, -0.25) is 4.79 Å². The van der Waals surface area contributed by atoms with Crippen LogP contribution in [0.25, 0.3) is 10.8 Å². The topological polar surface area (TPSA) is 41.6 Å². The summed E-state index contributed by atoms with van der Waals surface area (Å²) in [6.45, 7) is 6.14. The van der Waals surface area contributed by atoms with E-state index in [1.807, 2.05) is 36.4 Å². The van der Waals surface area contributed by atoms with Crippen LogP contribution < -0.4 is 15.0 Å². The molecule has 0 aliphatic carbocycles. The lowest BCUT2D eigenvalue weighted by Crippen LogP contribution is -2.43. The summed E-state index contributed by atoms with van der Waals surface area (Å²) in [5.74, 6) is 1.51. The maximum Gasteiger partial charge on any atom is 0.252 e. The predicted molar refractivity (Wildman–Crippen MR) is 128 cm³/mol. The smallest absolute Gasteiger partial charge is 0.252 e. The Morgan fingerprint density at radius 2 is 1.62 bits per heavy atom. The number of amides is 1. The summed E-state index contributed by atoms with van der Waals surface area (Å²) in [7, 11) is 0. The van der Waals surface area contributed by atoms with Gasteiger partial charge < -0.3 is 15.0 Å². The maximum atomic E-state index is 13.2. The third-order valence-electron chi connectivity index (χ3n) is 6.86. The van der Waals surface area contributed by atoms with Crippen molar-refractivity contribution in [3.05, 3.63) is 101 Å². The second-order valence-corrected chi connectivity index (χ2v) is 8.36. The van der Waals surface area contributed by atoms with Crippen LogP contribution in [0.15, 0.2) is 78.9 Å². The molecule has 0 saturated heterocycles. The normalized spacial score (nSPS) is 18.0. The second kappa shape index (κ2) is 6.86. The zero-order valence-corrected chi connectivity index (χ0v) is 18.2. The van der Waals surface area contributed by atoms with E-state index in [-0.39, 0.29) is 5.91 Å². The quantitative estimate of drug-likeness (QED) is 0.454. The Balaban J connectivity index is 1.71. The third kappa shape index (κ3) is 2.41. The van der Waals surface area contributed by atoms with E-state index >= 15 is 0 Å². The van der Waals surface area contributed by atoms with Gasteiger partial charge in [-0.05, 0) is 48.4 Å². The highest BCUT2D eigenvalue weighted by molar-refractivity contribution is 6.04. The van der Waals surface area contributed by atoms with Gasteiger partial charge in [0.25, 0.3) is 5.91 Å². The van der Waals surface area contributed by atoms with Crippen molar-refractivity contribution in [1.82, 2.24) is 5.32 Å². The fourth-order valence-electron chi connectivity index (χ4n) is 5.39. The number of rotatable bonds is 3. The molecule has 2 heterocycles. The number of hydrogen-bond acceptors (Lipinski definition) is 3. The average molecular weight is 421 g/mol. The Kier molecular flexibility index (Phi) is 4.06. The van der Waals surface area contributed by atoms with E-state index in [1.54, 1.807) is 0 Å². The number of anilines is 1. The first-order valence-electron chi connectivity index (χ1n) is 11.2. The van der Waals surface area contributed by atoms with Gasteiger partial charge in [-0.25, -0.2) is 0 Å². The number of hydrogen-bond donors (Lipinski definition) is 1. The van der Waals surface area contributed by atoms with Crippen molar-refractivity contribution >= 4 is 22.4 Å². The van der Waals surface area contributed by atoms with Crippen molar-refractivity contribution in [3.63, 3.8) is 0 Å². The van der Waals surface area contributed by atoms with E-state index in [2.05, 4.69) is 66.5 Å². The van der Waals surface area contributed by atoms with Gasteiger partial charge in [-0.2, -0.15) is 0 Å². The minimum atomic E-state index is -0.792. The Labute approximate surface area is 187 Å². The van der Waals surface area contributed by atoms with E-state index < -0.39 is 5.54 Å². The van der Waals surface area contributed by atoms with Crippen LogP contribution in [0.5, 0.6) is 11.5 Å². The number of benzene rings is 4. The molecule has 32 heavy (non-hydrogen) atoms. The van der Waals surface area contributed by atoms with Crippen LogP contribution in [-0.2, 0) is 5.54 Å². The first-order chi connectivity index (χ1) is 15.7. The summed E-state index contributed by atoms with van der Waals surface area (Å²) in [4.78, 5) is 15.5. The van der Waals surface area contributed by atoms with Gasteiger partial charge in [0.15, 0.2) is 0 Å². The van der Waals surface area contributed by atoms with Gasteiger partial charge in [-0.15, -0.1) is 0 Å². The molecule has 4 nitrogen and oxygen atoms in total. The number of ether oxygens (including phenoxy) is 1. The van der Waals surface area contributed by atoms with Crippen LogP contribution in [0.2, 0.25) is 0 Å². The zero-order valence-electron chi connectivity index (χ0n) is 18.2. The fourth-order valence-corrected chi connectivity index (χ4v) is 5.39. The van der Waals surface area contributed by atoms with Gasteiger partial charge >= 0.3 is 0 Å². The zero-order chi connectivity index (χ0) is 21.9. The fraction of sp³-hybridized carbons (Fsp3) is 0.179. The summed E-state index contributed by atoms with van der Waals surface area (Å²) < 4.78 is 6.52. The van der Waals surface area contributed by atoms with E-state index in [9.17, 15) is 4.79 Å². The van der Waals surface area contributed by atoms with Crippen molar-refractivity contribution in [1.29, 1.82) is 0 Å². The van der Waals surface area contributed by atoms with E-state index in [4.69, 9.17) is 4.74 Å². The van der Waals surface area contributed by atoms with Gasteiger partial charge in [-0.1, -0.05) is 54.6 Å². The van der Waals surface area contributed by atoms with Gasteiger partial charge in [0.05, 0.1) is 0 Å². The average Bonchev–Trinajstić information content (AvgIpc) is 3.12. The highest BCUT2D eigenvalue weighted by Gasteiger charge is 2.51. The molecule has 0 radical (unpaired) electrons. The molecule has 0 aromatic heterocycles. The Bertz CT molecular complexity index is 1390. The Morgan fingerprint density at radius 1 is 0.844 bits per heavy atom. The molecule has 2 aliphatic heterocycles. The number of nitrogens with zero attached hydrogens (tertiary/aromatic N) is 1. The van der Waals surface area contributed by atoms with Crippen LogP contribution in [0.1, 0.15) is 40.9 Å². The summed E-state index contributed by atoms with van der Waals surface area (Å²) in [6, 6.07) is 26.7. The van der Waals surface area contributed by atoms with Crippen LogP contribution in [0.3, 0.4) is 0 Å². The number of fused-ring (bicyclic) bond motifs is 8. The third-order valence-corrected chi connectivity index (χ3v) is 6.86. The molecular formula is C28H24N2O2. The largest absolute Gasteiger partial charge is 0.456 e. The summed E-state index contributed by atoms with van der Waals surface area (Å²) in [6.07, 6.45) is 0. The van der Waals surface area contributed by atoms with Gasteiger partial charge in [0.2, 0.25) is 0 Å². The molecule has 2 aliphatic rings. The number of carbonyl (C=O) groups is 1. The highest BCUT2D eigenvalue weighted by atomic mass is 16.5. The lowest BCUT2D eigenvalue weighted by Gasteiger charge is -2.39. The van der Waals surface area contributed by atoms with E-state index in [1.165, 1.54) is 0 Å². The van der Waals surface area contributed by atoms with Crippen LogP contribution in [0.4, 0.5) is 5.69 Å². The van der Waals surface area contributed by atoms with Gasteiger partial charge in [0, 0.05) is 41.5 Å². The molecule has 4 aromatic carbocycles. The lowest BCUT2D eigenvalue weighted by atomic mass is 9.74. The highest BCUT2D eigenvalue weighted by Crippen LogP contribution is 2.55. The Hall–Kier alpha value is -3.79. The summed E-state index contributed by atoms with van der Waals surface area (Å²) >= 11 is 0. The van der Waals surface area contributed by atoms with Crippen LogP contribution >= 0.6 is 0 Å². The molecule has 0 bridgehead atoms. The molecule has 1 atom stereocenters. The van der Waals surface area contributed by atoms with Crippen molar-refractivity contribution in [3.8, 4) is 11.5 Å². The molecule has 4 aromatic rings. The van der Waals surface area contributed by atoms with E-state index in [0.717, 1.165) is 57.7 Å². The van der Waals surface area contributed by atoms with Crippen LogP contribution in [-0.4, -0.2) is 19.0 Å². The second-order valence-electron chi connectivity index (χ2n) is 8.36.